The molecule has 1 amide bonds. The number of nitrogens with one attached hydrogen (secondary N) is 3. The normalized spacial score (nSPS) is 16.9. The Morgan fingerprint density at radius 2 is 1.83 bits per heavy atom. The van der Waals surface area contributed by atoms with Crippen molar-refractivity contribution >= 4 is 16.8 Å². The largest absolute Gasteiger partial charge is 0.361 e. The fourth-order valence-corrected chi connectivity index (χ4v) is 3.55. The lowest BCUT2D eigenvalue weighted by atomic mass is 10.1. The van der Waals surface area contributed by atoms with Crippen LogP contribution >= 0.6 is 0 Å². The molecule has 3 N–H and O–H groups in total. The second-order valence-corrected chi connectivity index (χ2v) is 6.65. The van der Waals surface area contributed by atoms with Gasteiger partial charge in [-0.25, -0.2) is 0 Å². The molecule has 0 saturated carbocycles. The second kappa shape index (κ2) is 8.16. The number of para-hydroxylation sites is 1. The number of carbonyl (C=O) groups is 1. The van der Waals surface area contributed by atoms with E-state index in [-0.39, 0.29) is 5.91 Å². The van der Waals surface area contributed by atoms with Crippen molar-refractivity contribution in [3.63, 3.8) is 0 Å². The lowest BCUT2D eigenvalue weighted by molar-refractivity contribution is -0.893. The number of aromatic amines is 1. The number of rotatable bonds is 5. The molecule has 124 valence electrons. The highest BCUT2D eigenvalue weighted by molar-refractivity contribution is 5.83. The van der Waals surface area contributed by atoms with E-state index < -0.39 is 0 Å². The number of aromatic nitrogens is 1. The Kier molecular flexibility index (Phi) is 5.70. The first-order chi connectivity index (χ1) is 11.3. The summed E-state index contributed by atoms with van der Waals surface area (Å²) in [5.41, 5.74) is 2.44. The molecule has 23 heavy (non-hydrogen) atoms. The summed E-state index contributed by atoms with van der Waals surface area (Å²) in [6.45, 7) is 3.65. The highest BCUT2D eigenvalue weighted by Crippen LogP contribution is 2.17. The molecule has 1 fully saturated rings. The molecule has 1 aliphatic rings. The average Bonchev–Trinajstić information content (AvgIpc) is 2.93. The van der Waals surface area contributed by atoms with Crippen LogP contribution in [0.2, 0.25) is 0 Å². The van der Waals surface area contributed by atoms with Gasteiger partial charge in [0.05, 0.1) is 13.1 Å². The Hall–Kier alpha value is -1.81. The quantitative estimate of drug-likeness (QED) is 0.773. The summed E-state index contributed by atoms with van der Waals surface area (Å²) in [5, 5.41) is 4.36. The summed E-state index contributed by atoms with van der Waals surface area (Å²) in [6.07, 6.45) is 9.48. The maximum Gasteiger partial charge on any atom is 0.275 e. The van der Waals surface area contributed by atoms with E-state index in [1.54, 1.807) is 0 Å². The minimum atomic E-state index is 0.195. The van der Waals surface area contributed by atoms with Gasteiger partial charge in [-0.15, -0.1) is 0 Å². The lowest BCUT2D eigenvalue weighted by Gasteiger charge is -2.21. The van der Waals surface area contributed by atoms with E-state index in [1.807, 2.05) is 6.07 Å². The zero-order chi connectivity index (χ0) is 15.9. The number of fused-ring (bicyclic) bond motifs is 1. The van der Waals surface area contributed by atoms with Crippen molar-refractivity contribution in [3.05, 3.63) is 36.0 Å². The third-order valence-corrected chi connectivity index (χ3v) is 4.86. The Morgan fingerprint density at radius 3 is 2.65 bits per heavy atom. The molecule has 1 saturated heterocycles. The van der Waals surface area contributed by atoms with E-state index in [4.69, 9.17) is 0 Å². The fourth-order valence-electron chi connectivity index (χ4n) is 3.55. The molecule has 2 heterocycles. The number of quaternary nitrogens is 1. The number of carbonyl (C=O) groups excluding carboxylic acids is 1. The molecule has 0 bridgehead atoms. The SMILES string of the molecule is O=C(C[NH+]1CCCCCCC1)NCCc1c[nH]c2ccccc12. The summed E-state index contributed by atoms with van der Waals surface area (Å²) in [5.74, 6) is 0.195. The van der Waals surface area contributed by atoms with Crippen molar-refractivity contribution in [2.75, 3.05) is 26.2 Å². The molecule has 1 aromatic carbocycles. The van der Waals surface area contributed by atoms with Crippen LogP contribution in [0, 0.1) is 0 Å². The monoisotopic (exact) mass is 314 g/mol. The third-order valence-electron chi connectivity index (χ3n) is 4.86. The fraction of sp³-hybridized carbons (Fsp3) is 0.526. The number of amides is 1. The summed E-state index contributed by atoms with van der Waals surface area (Å²) in [6, 6.07) is 8.32. The van der Waals surface area contributed by atoms with Crippen LogP contribution in [0.25, 0.3) is 10.9 Å². The van der Waals surface area contributed by atoms with Gasteiger partial charge in [0, 0.05) is 23.6 Å². The van der Waals surface area contributed by atoms with Crippen LogP contribution in [0.15, 0.2) is 30.5 Å². The number of likely N-dealkylation sites (tertiary alicyclic amines) is 1. The Bertz CT molecular complexity index is 626. The summed E-state index contributed by atoms with van der Waals surface area (Å²) in [4.78, 5) is 16.9. The first-order valence-electron chi connectivity index (χ1n) is 8.98. The summed E-state index contributed by atoms with van der Waals surface area (Å²) in [7, 11) is 0. The minimum absolute atomic E-state index is 0.195. The smallest absolute Gasteiger partial charge is 0.275 e. The molecule has 1 aliphatic heterocycles. The zero-order valence-electron chi connectivity index (χ0n) is 13.9. The van der Waals surface area contributed by atoms with Crippen molar-refractivity contribution in [3.8, 4) is 0 Å². The van der Waals surface area contributed by atoms with Crippen LogP contribution in [0.4, 0.5) is 0 Å². The summed E-state index contributed by atoms with van der Waals surface area (Å²) >= 11 is 0. The molecular weight excluding hydrogens is 286 g/mol. The Morgan fingerprint density at radius 1 is 1.09 bits per heavy atom. The van der Waals surface area contributed by atoms with E-state index in [2.05, 4.69) is 34.7 Å². The third kappa shape index (κ3) is 4.58. The molecule has 0 aliphatic carbocycles. The molecular formula is C19H28N3O+. The Balaban J connectivity index is 1.43. The molecule has 4 nitrogen and oxygen atoms in total. The van der Waals surface area contributed by atoms with E-state index in [1.165, 1.54) is 53.5 Å². The van der Waals surface area contributed by atoms with Gasteiger partial charge in [-0.1, -0.05) is 24.6 Å². The highest BCUT2D eigenvalue weighted by Gasteiger charge is 2.15. The highest BCUT2D eigenvalue weighted by atomic mass is 16.2. The standard InChI is InChI=1S/C19H27N3O/c23-19(15-22-12-6-2-1-3-7-13-22)20-11-10-16-14-21-18-9-5-4-8-17(16)18/h4-5,8-9,14,21H,1-3,6-7,10-13,15H2,(H,20,23)/p+1. The van der Waals surface area contributed by atoms with Gasteiger partial charge in [0.25, 0.3) is 5.91 Å². The maximum atomic E-state index is 12.2. The molecule has 0 radical (unpaired) electrons. The van der Waals surface area contributed by atoms with Crippen LogP contribution in [0.1, 0.15) is 37.7 Å². The molecule has 0 spiro atoms. The van der Waals surface area contributed by atoms with Gasteiger partial charge in [-0.05, 0) is 43.7 Å². The van der Waals surface area contributed by atoms with Gasteiger partial charge in [0.2, 0.25) is 0 Å². The molecule has 1 aromatic heterocycles. The molecule has 0 atom stereocenters. The van der Waals surface area contributed by atoms with Gasteiger partial charge in [0.15, 0.2) is 6.54 Å². The van der Waals surface area contributed by atoms with E-state index in [0.717, 1.165) is 19.5 Å². The van der Waals surface area contributed by atoms with E-state index in [9.17, 15) is 4.79 Å². The lowest BCUT2D eigenvalue weighted by Crippen LogP contribution is -3.13. The van der Waals surface area contributed by atoms with Gasteiger partial charge in [0.1, 0.15) is 0 Å². The van der Waals surface area contributed by atoms with Gasteiger partial charge in [-0.2, -0.15) is 0 Å². The van der Waals surface area contributed by atoms with Crippen LogP contribution in [0.5, 0.6) is 0 Å². The number of benzene rings is 1. The van der Waals surface area contributed by atoms with E-state index >= 15 is 0 Å². The molecule has 4 heteroatoms. The molecule has 0 unspecified atom stereocenters. The topological polar surface area (TPSA) is 49.3 Å². The van der Waals surface area contributed by atoms with Crippen LogP contribution in [0.3, 0.4) is 0 Å². The van der Waals surface area contributed by atoms with E-state index in [0.29, 0.717) is 13.1 Å². The number of hydrogen-bond donors (Lipinski definition) is 3. The maximum absolute atomic E-state index is 12.2. The van der Waals surface area contributed by atoms with Gasteiger partial charge >= 0.3 is 0 Å². The predicted octanol–water partition coefficient (Wildman–Crippen LogP) is 1.68. The van der Waals surface area contributed by atoms with Crippen LogP contribution in [-0.2, 0) is 11.2 Å². The minimum Gasteiger partial charge on any atom is -0.361 e. The van der Waals surface area contributed by atoms with Crippen molar-refractivity contribution in [2.24, 2.45) is 0 Å². The summed E-state index contributed by atoms with van der Waals surface area (Å²) < 4.78 is 0. The van der Waals surface area contributed by atoms with Gasteiger partial charge < -0.3 is 15.2 Å². The zero-order valence-corrected chi connectivity index (χ0v) is 13.9. The second-order valence-electron chi connectivity index (χ2n) is 6.65. The Labute approximate surface area is 138 Å². The number of H-pyrrole nitrogens is 1. The first-order valence-corrected chi connectivity index (χ1v) is 8.98. The van der Waals surface area contributed by atoms with Gasteiger partial charge in [-0.3, -0.25) is 4.79 Å². The van der Waals surface area contributed by atoms with Crippen molar-refractivity contribution in [1.82, 2.24) is 10.3 Å². The van der Waals surface area contributed by atoms with Crippen molar-refractivity contribution in [2.45, 2.75) is 38.5 Å². The first kappa shape index (κ1) is 16.1. The van der Waals surface area contributed by atoms with Crippen molar-refractivity contribution < 1.29 is 9.69 Å². The number of hydrogen-bond acceptors (Lipinski definition) is 1. The van der Waals surface area contributed by atoms with Crippen LogP contribution < -0.4 is 10.2 Å². The average molecular weight is 314 g/mol. The molecule has 3 rings (SSSR count). The van der Waals surface area contributed by atoms with Crippen LogP contribution in [-0.4, -0.2) is 37.1 Å². The predicted molar refractivity (Wildman–Crippen MR) is 93.7 cm³/mol. The molecule has 2 aromatic rings. The van der Waals surface area contributed by atoms with Crippen molar-refractivity contribution in [1.29, 1.82) is 0 Å².